The van der Waals surface area contributed by atoms with Gasteiger partial charge in [-0.3, -0.25) is 14.0 Å². The van der Waals surface area contributed by atoms with E-state index in [1.54, 1.807) is 4.68 Å². The highest BCUT2D eigenvalue weighted by atomic mass is 32.2. The molecular formula is C11H14N4O2S. The third-order valence-corrected chi connectivity index (χ3v) is 3.30. The Hall–Kier alpha value is -1.76. The molecule has 0 unspecified atom stereocenters. The number of aromatic nitrogens is 4. The highest BCUT2D eigenvalue weighted by Crippen LogP contribution is 2.23. The van der Waals surface area contributed by atoms with E-state index in [2.05, 4.69) is 10.1 Å². The quantitative estimate of drug-likeness (QED) is 0.847. The first-order valence-corrected chi connectivity index (χ1v) is 6.37. The highest BCUT2D eigenvalue weighted by molar-refractivity contribution is 7.99. The molecule has 2 rings (SSSR count). The number of imidazole rings is 1. The first kappa shape index (κ1) is 12.7. The third-order valence-electron chi connectivity index (χ3n) is 2.37. The number of rotatable bonds is 4. The Balaban J connectivity index is 2.38. The van der Waals surface area contributed by atoms with Gasteiger partial charge in [0.1, 0.15) is 0 Å². The van der Waals surface area contributed by atoms with Gasteiger partial charge in [0.15, 0.2) is 5.16 Å². The first-order chi connectivity index (χ1) is 8.47. The number of aliphatic carboxylic acids is 1. The van der Waals surface area contributed by atoms with Crippen molar-refractivity contribution < 1.29 is 9.90 Å². The number of thioether (sulfide) groups is 1. The summed E-state index contributed by atoms with van der Waals surface area (Å²) in [5.41, 5.74) is 2.66. The summed E-state index contributed by atoms with van der Waals surface area (Å²) in [7, 11) is 1.85. The minimum atomic E-state index is -0.852. The molecule has 0 aliphatic carbocycles. The average Bonchev–Trinajstić information content (AvgIpc) is 2.78. The van der Waals surface area contributed by atoms with Crippen molar-refractivity contribution in [3.8, 4) is 5.69 Å². The molecule has 1 N–H and O–H groups in total. The lowest BCUT2D eigenvalue weighted by Gasteiger charge is -2.04. The van der Waals surface area contributed by atoms with Crippen LogP contribution in [0.1, 0.15) is 11.4 Å². The van der Waals surface area contributed by atoms with E-state index < -0.39 is 5.97 Å². The zero-order valence-electron chi connectivity index (χ0n) is 10.4. The van der Waals surface area contributed by atoms with E-state index in [9.17, 15) is 4.79 Å². The van der Waals surface area contributed by atoms with Crippen LogP contribution in [0.15, 0.2) is 17.6 Å². The van der Waals surface area contributed by atoms with E-state index in [1.807, 2.05) is 37.9 Å². The van der Waals surface area contributed by atoms with Crippen molar-refractivity contribution in [2.45, 2.75) is 19.0 Å². The number of carboxylic acid groups (broad SMARTS) is 1. The molecule has 0 spiro atoms. The summed E-state index contributed by atoms with van der Waals surface area (Å²) in [5.74, 6) is -0.856. The van der Waals surface area contributed by atoms with Gasteiger partial charge in [-0.05, 0) is 13.8 Å². The smallest absolute Gasteiger partial charge is 0.313 e. The van der Waals surface area contributed by atoms with Crippen LogP contribution in [0.3, 0.4) is 0 Å². The summed E-state index contributed by atoms with van der Waals surface area (Å²) in [5, 5.41) is 13.7. The van der Waals surface area contributed by atoms with Gasteiger partial charge in [0, 0.05) is 19.4 Å². The molecule has 2 aromatic heterocycles. The molecule has 0 fully saturated rings. The van der Waals surface area contributed by atoms with Crippen molar-refractivity contribution in [2.24, 2.45) is 7.05 Å². The van der Waals surface area contributed by atoms with Crippen LogP contribution in [-0.2, 0) is 11.8 Å². The summed E-state index contributed by atoms with van der Waals surface area (Å²) in [6.45, 7) is 3.79. The summed E-state index contributed by atoms with van der Waals surface area (Å²) < 4.78 is 3.61. The Morgan fingerprint density at radius 1 is 1.44 bits per heavy atom. The molecule has 0 atom stereocenters. The monoisotopic (exact) mass is 266 g/mol. The summed E-state index contributed by atoms with van der Waals surface area (Å²) in [4.78, 5) is 15.0. The van der Waals surface area contributed by atoms with E-state index in [0.717, 1.165) is 17.1 Å². The van der Waals surface area contributed by atoms with E-state index in [4.69, 9.17) is 5.11 Å². The third kappa shape index (κ3) is 2.56. The van der Waals surface area contributed by atoms with Gasteiger partial charge in [-0.25, -0.2) is 4.98 Å². The number of nitrogens with zero attached hydrogens (tertiary/aromatic N) is 4. The standard InChI is InChI=1S/C11H14N4O2S/c1-7-4-15(9-5-14(3)13-8(9)2)11(12-7)18-6-10(16)17/h4-5H,6H2,1-3H3,(H,16,17). The van der Waals surface area contributed by atoms with Crippen molar-refractivity contribution in [3.63, 3.8) is 0 Å². The van der Waals surface area contributed by atoms with E-state index in [0.29, 0.717) is 5.16 Å². The van der Waals surface area contributed by atoms with Crippen molar-refractivity contribution in [1.29, 1.82) is 0 Å². The van der Waals surface area contributed by atoms with Crippen LogP contribution in [0.2, 0.25) is 0 Å². The Morgan fingerprint density at radius 3 is 2.72 bits per heavy atom. The van der Waals surface area contributed by atoms with Crippen LogP contribution in [0.25, 0.3) is 5.69 Å². The fourth-order valence-electron chi connectivity index (χ4n) is 1.70. The number of carboxylic acids is 1. The van der Waals surface area contributed by atoms with Crippen LogP contribution < -0.4 is 0 Å². The molecule has 0 aliphatic heterocycles. The summed E-state index contributed by atoms with van der Waals surface area (Å²) in [6, 6.07) is 0. The molecule has 0 saturated carbocycles. The maximum absolute atomic E-state index is 10.6. The first-order valence-electron chi connectivity index (χ1n) is 5.38. The van der Waals surface area contributed by atoms with Gasteiger partial charge in [0.25, 0.3) is 0 Å². The number of hydrogen-bond donors (Lipinski definition) is 1. The topological polar surface area (TPSA) is 72.9 Å². The van der Waals surface area contributed by atoms with Gasteiger partial charge in [0.05, 0.1) is 22.8 Å². The minimum absolute atomic E-state index is 0.00420. The van der Waals surface area contributed by atoms with Crippen molar-refractivity contribution >= 4 is 17.7 Å². The molecule has 6 nitrogen and oxygen atoms in total. The predicted octanol–water partition coefficient (Wildman–Crippen LogP) is 1.40. The fraction of sp³-hybridized carbons (Fsp3) is 0.364. The molecule has 0 bridgehead atoms. The van der Waals surface area contributed by atoms with Gasteiger partial charge in [-0.1, -0.05) is 11.8 Å². The summed E-state index contributed by atoms with van der Waals surface area (Å²) in [6.07, 6.45) is 3.77. The van der Waals surface area contributed by atoms with Crippen molar-refractivity contribution in [2.75, 3.05) is 5.75 Å². The second-order valence-corrected chi connectivity index (χ2v) is 4.93. The zero-order valence-corrected chi connectivity index (χ0v) is 11.2. The van der Waals surface area contributed by atoms with Gasteiger partial charge in [0.2, 0.25) is 0 Å². The van der Waals surface area contributed by atoms with E-state index in [1.165, 1.54) is 11.8 Å². The SMILES string of the molecule is Cc1cn(-c2cn(C)nc2C)c(SCC(=O)O)n1. The molecule has 0 aliphatic rings. The number of aryl methyl sites for hydroxylation is 3. The van der Waals surface area contributed by atoms with E-state index >= 15 is 0 Å². The lowest BCUT2D eigenvalue weighted by atomic mass is 10.4. The molecular weight excluding hydrogens is 252 g/mol. The second-order valence-electron chi connectivity index (χ2n) is 3.99. The number of hydrogen-bond acceptors (Lipinski definition) is 4. The summed E-state index contributed by atoms with van der Waals surface area (Å²) >= 11 is 1.20. The van der Waals surface area contributed by atoms with E-state index in [-0.39, 0.29) is 5.75 Å². The Kier molecular flexibility index (Phi) is 3.42. The number of carbonyl (C=O) groups is 1. The van der Waals surface area contributed by atoms with Crippen LogP contribution in [0.5, 0.6) is 0 Å². The Morgan fingerprint density at radius 2 is 2.17 bits per heavy atom. The van der Waals surface area contributed by atoms with Gasteiger partial charge >= 0.3 is 5.97 Å². The maximum Gasteiger partial charge on any atom is 0.313 e. The minimum Gasteiger partial charge on any atom is -0.481 e. The zero-order chi connectivity index (χ0) is 13.3. The molecule has 0 radical (unpaired) electrons. The molecule has 2 heterocycles. The lowest BCUT2D eigenvalue weighted by Crippen LogP contribution is -2.01. The Bertz CT molecular complexity index is 588. The largest absolute Gasteiger partial charge is 0.481 e. The molecule has 0 aromatic carbocycles. The molecule has 2 aromatic rings. The molecule has 18 heavy (non-hydrogen) atoms. The maximum atomic E-state index is 10.6. The van der Waals surface area contributed by atoms with Crippen LogP contribution >= 0.6 is 11.8 Å². The normalized spacial score (nSPS) is 10.8. The van der Waals surface area contributed by atoms with Gasteiger partial charge in [-0.15, -0.1) is 0 Å². The van der Waals surface area contributed by atoms with Crippen LogP contribution in [-0.4, -0.2) is 36.2 Å². The van der Waals surface area contributed by atoms with Crippen LogP contribution in [0, 0.1) is 13.8 Å². The molecule has 96 valence electrons. The van der Waals surface area contributed by atoms with Crippen molar-refractivity contribution in [1.82, 2.24) is 19.3 Å². The second kappa shape index (κ2) is 4.85. The van der Waals surface area contributed by atoms with Gasteiger partial charge in [-0.2, -0.15) is 5.10 Å². The molecule has 0 amide bonds. The predicted molar refractivity (Wildman–Crippen MR) is 68.2 cm³/mol. The van der Waals surface area contributed by atoms with Crippen molar-refractivity contribution in [3.05, 3.63) is 23.8 Å². The lowest BCUT2D eigenvalue weighted by molar-refractivity contribution is -0.133. The Labute approximate surface area is 109 Å². The molecule has 0 saturated heterocycles. The fourth-order valence-corrected chi connectivity index (χ4v) is 2.45. The highest BCUT2D eigenvalue weighted by Gasteiger charge is 2.13. The average molecular weight is 266 g/mol. The van der Waals surface area contributed by atoms with Gasteiger partial charge < -0.3 is 5.11 Å². The van der Waals surface area contributed by atoms with Crippen LogP contribution in [0.4, 0.5) is 0 Å². The molecule has 7 heteroatoms.